The van der Waals surface area contributed by atoms with E-state index in [0.29, 0.717) is 71.1 Å². The van der Waals surface area contributed by atoms with Gasteiger partial charge >= 0.3 is 18.2 Å². The van der Waals surface area contributed by atoms with Gasteiger partial charge in [-0.05, 0) is 74.5 Å². The van der Waals surface area contributed by atoms with E-state index >= 15 is 0 Å². The van der Waals surface area contributed by atoms with E-state index in [0.717, 1.165) is 43.2 Å². The SMILES string of the molecule is O=C(N[C@H](Cc1cc(Cl)c(O)c(C(F)(F)F)c1)C(=O)N1CCN(C2CCNCC2)CC1)N1CCC(N2CCc3ccccc3NC2=O)CC1. The number of likely N-dealkylation sites (tertiary alicyclic amines) is 1. The van der Waals surface area contributed by atoms with Crippen LogP contribution in [0.4, 0.5) is 28.4 Å². The lowest BCUT2D eigenvalue weighted by Crippen LogP contribution is -2.59. The van der Waals surface area contributed by atoms with E-state index in [1.54, 1.807) is 9.80 Å². The summed E-state index contributed by atoms with van der Waals surface area (Å²) < 4.78 is 41.1. The van der Waals surface area contributed by atoms with Crippen LogP contribution in [0.5, 0.6) is 5.75 Å². The van der Waals surface area contributed by atoms with Crippen LogP contribution in [0, 0.1) is 0 Å². The lowest BCUT2D eigenvalue weighted by Gasteiger charge is -2.42. The first-order chi connectivity index (χ1) is 23.5. The van der Waals surface area contributed by atoms with Gasteiger partial charge in [0.15, 0.2) is 0 Å². The Morgan fingerprint density at radius 3 is 2.33 bits per heavy atom. The van der Waals surface area contributed by atoms with Gasteiger partial charge in [0.05, 0.1) is 10.6 Å². The van der Waals surface area contributed by atoms with Crippen molar-refractivity contribution in [3.8, 4) is 5.75 Å². The van der Waals surface area contributed by atoms with Gasteiger partial charge in [-0.3, -0.25) is 9.69 Å². The lowest BCUT2D eigenvalue weighted by molar-refractivity contribution is -0.138. The van der Waals surface area contributed by atoms with Crippen LogP contribution >= 0.6 is 11.6 Å². The van der Waals surface area contributed by atoms with Crippen LogP contribution in [0.2, 0.25) is 5.02 Å². The summed E-state index contributed by atoms with van der Waals surface area (Å²) in [7, 11) is 0. The van der Waals surface area contributed by atoms with Gasteiger partial charge in [-0.2, -0.15) is 13.2 Å². The quantitative estimate of drug-likeness (QED) is 0.359. The van der Waals surface area contributed by atoms with Crippen LogP contribution < -0.4 is 16.0 Å². The molecule has 6 rings (SSSR count). The van der Waals surface area contributed by atoms with Crippen LogP contribution in [0.3, 0.4) is 0 Å². The van der Waals surface area contributed by atoms with Gasteiger partial charge in [-0.15, -0.1) is 0 Å². The predicted octanol–water partition coefficient (Wildman–Crippen LogP) is 4.14. The second-order valence-electron chi connectivity index (χ2n) is 13.3. The molecule has 0 bridgehead atoms. The molecule has 0 aliphatic carbocycles. The van der Waals surface area contributed by atoms with Gasteiger partial charge < -0.3 is 35.8 Å². The number of hydrogen-bond acceptors (Lipinski definition) is 6. The molecule has 3 fully saturated rings. The Morgan fingerprint density at radius 2 is 1.63 bits per heavy atom. The Balaban J connectivity index is 1.12. The first kappa shape index (κ1) is 35.1. The number of piperazine rings is 1. The zero-order chi connectivity index (χ0) is 34.7. The summed E-state index contributed by atoms with van der Waals surface area (Å²) in [5.74, 6) is -1.46. The first-order valence-corrected chi connectivity index (χ1v) is 17.4. The minimum atomic E-state index is -4.87. The van der Waals surface area contributed by atoms with E-state index in [9.17, 15) is 32.7 Å². The number of para-hydroxylation sites is 1. The average molecular weight is 706 g/mol. The molecule has 1 atom stereocenters. The largest absolute Gasteiger partial charge is 0.506 e. The summed E-state index contributed by atoms with van der Waals surface area (Å²) in [6.07, 6.45) is -1.26. The van der Waals surface area contributed by atoms with Gasteiger partial charge in [0.2, 0.25) is 5.91 Å². The number of phenolic OH excluding ortho intramolecular Hbond substituents is 1. The van der Waals surface area contributed by atoms with Crippen LogP contribution in [-0.2, 0) is 23.8 Å². The van der Waals surface area contributed by atoms with E-state index in [4.69, 9.17) is 11.6 Å². The third-order valence-corrected chi connectivity index (χ3v) is 10.5. The van der Waals surface area contributed by atoms with Crippen molar-refractivity contribution < 1.29 is 32.7 Å². The van der Waals surface area contributed by atoms with Crippen molar-refractivity contribution in [1.82, 2.24) is 30.2 Å². The van der Waals surface area contributed by atoms with Crippen molar-refractivity contribution >= 4 is 35.3 Å². The van der Waals surface area contributed by atoms with Crippen molar-refractivity contribution in [2.75, 3.05) is 64.2 Å². The number of urea groups is 2. The van der Waals surface area contributed by atoms with Gasteiger partial charge in [0.1, 0.15) is 11.8 Å². The summed E-state index contributed by atoms with van der Waals surface area (Å²) in [5.41, 5.74) is 0.628. The summed E-state index contributed by atoms with van der Waals surface area (Å²) >= 11 is 6.00. The number of fused-ring (bicyclic) bond motifs is 1. The molecule has 15 heteroatoms. The number of aromatic hydroxyl groups is 1. The van der Waals surface area contributed by atoms with Crippen molar-refractivity contribution in [2.45, 2.75) is 62.8 Å². The molecule has 2 aromatic carbocycles. The number of amides is 5. The number of alkyl halides is 3. The Hall–Kier alpha value is -3.75. The zero-order valence-corrected chi connectivity index (χ0v) is 28.0. The van der Waals surface area contributed by atoms with Crippen LogP contribution in [-0.4, -0.2) is 120 Å². The number of rotatable bonds is 6. The molecule has 0 radical (unpaired) electrons. The topological polar surface area (TPSA) is 120 Å². The highest BCUT2D eigenvalue weighted by Gasteiger charge is 2.38. The van der Waals surface area contributed by atoms with Gasteiger partial charge in [-0.1, -0.05) is 29.8 Å². The van der Waals surface area contributed by atoms with Crippen molar-refractivity contribution in [1.29, 1.82) is 0 Å². The van der Waals surface area contributed by atoms with E-state index in [1.807, 2.05) is 29.2 Å². The fourth-order valence-corrected chi connectivity index (χ4v) is 7.73. The number of carbonyl (C=O) groups is 3. The summed E-state index contributed by atoms with van der Waals surface area (Å²) in [5, 5.41) is 18.7. The Morgan fingerprint density at radius 1 is 0.939 bits per heavy atom. The van der Waals surface area contributed by atoms with E-state index in [2.05, 4.69) is 20.9 Å². The lowest BCUT2D eigenvalue weighted by atomic mass is 10.00. The molecule has 4 aliphatic heterocycles. The fourth-order valence-electron chi connectivity index (χ4n) is 7.48. The van der Waals surface area contributed by atoms with E-state index in [-0.39, 0.29) is 30.0 Å². The zero-order valence-electron chi connectivity index (χ0n) is 27.3. The normalized spacial score (nSPS) is 20.7. The molecule has 5 amide bonds. The number of benzene rings is 2. The van der Waals surface area contributed by atoms with Crippen molar-refractivity contribution in [3.05, 3.63) is 58.1 Å². The minimum absolute atomic E-state index is 0.0639. The number of nitrogens with one attached hydrogen (secondary N) is 3. The number of piperidine rings is 2. The number of carbonyl (C=O) groups excluding carboxylic acids is 3. The second kappa shape index (κ2) is 15.0. The fraction of sp³-hybridized carbons (Fsp3) is 0.559. The number of phenols is 1. The van der Waals surface area contributed by atoms with Gasteiger partial charge in [-0.25, -0.2) is 9.59 Å². The molecule has 0 aromatic heterocycles. The summed E-state index contributed by atoms with van der Waals surface area (Å²) in [6.45, 7) is 5.34. The predicted molar refractivity (Wildman–Crippen MR) is 179 cm³/mol. The van der Waals surface area contributed by atoms with Gasteiger partial charge in [0.25, 0.3) is 0 Å². The third-order valence-electron chi connectivity index (χ3n) is 10.2. The maximum atomic E-state index is 14.0. The standard InChI is InChI=1S/C34H43ClF3N7O4/c35-27-20-22(19-26(30(27)46)34(36,37)38)21-29(31(47)43-17-15-42(16-18-43)24-5-10-39-11-6-24)41-32(48)44-12-8-25(9-13-44)45-14-7-23-3-1-2-4-28(23)40-33(45)49/h1-4,19-20,24-25,29,39,46H,5-18,21H2,(H,40,49)(H,41,48)/t29-/m1/s1. The van der Waals surface area contributed by atoms with E-state index < -0.39 is 34.6 Å². The van der Waals surface area contributed by atoms with Gasteiger partial charge in [0, 0.05) is 70.0 Å². The van der Waals surface area contributed by atoms with Crippen LogP contribution in [0.1, 0.15) is 42.4 Å². The smallest absolute Gasteiger partial charge is 0.420 e. The molecule has 11 nitrogen and oxygen atoms in total. The molecule has 4 aliphatic rings. The van der Waals surface area contributed by atoms with Crippen LogP contribution in [0.15, 0.2) is 36.4 Å². The highest BCUT2D eigenvalue weighted by molar-refractivity contribution is 6.32. The molecule has 0 saturated carbocycles. The molecule has 2 aromatic rings. The first-order valence-electron chi connectivity index (χ1n) is 17.0. The van der Waals surface area contributed by atoms with E-state index in [1.165, 1.54) is 6.07 Å². The average Bonchev–Trinajstić information content (AvgIpc) is 3.27. The molecular formula is C34H43ClF3N7O4. The molecule has 4 heterocycles. The second-order valence-corrected chi connectivity index (χ2v) is 13.7. The summed E-state index contributed by atoms with van der Waals surface area (Å²) in [4.78, 5) is 48.1. The molecular weight excluding hydrogens is 663 g/mol. The monoisotopic (exact) mass is 705 g/mol. The highest BCUT2D eigenvalue weighted by Crippen LogP contribution is 2.40. The Kier molecular flexibility index (Phi) is 10.8. The molecule has 0 unspecified atom stereocenters. The number of anilines is 1. The van der Waals surface area contributed by atoms with Crippen LogP contribution in [0.25, 0.3) is 0 Å². The van der Waals surface area contributed by atoms with Crippen molar-refractivity contribution in [2.24, 2.45) is 0 Å². The minimum Gasteiger partial charge on any atom is -0.506 e. The Bertz CT molecular complexity index is 1520. The number of halogens is 4. The third kappa shape index (κ3) is 8.18. The molecule has 0 spiro atoms. The molecule has 49 heavy (non-hydrogen) atoms. The number of nitrogens with zero attached hydrogens (tertiary/aromatic N) is 4. The Labute approximate surface area is 288 Å². The molecule has 4 N–H and O–H groups in total. The highest BCUT2D eigenvalue weighted by atomic mass is 35.5. The summed E-state index contributed by atoms with van der Waals surface area (Å²) in [6, 6.07) is 8.19. The molecule has 266 valence electrons. The maximum Gasteiger partial charge on any atom is 0.420 e. The van der Waals surface area contributed by atoms with Crippen molar-refractivity contribution in [3.63, 3.8) is 0 Å². The number of hydrogen-bond donors (Lipinski definition) is 4. The maximum absolute atomic E-state index is 14.0. The molecule has 3 saturated heterocycles.